The van der Waals surface area contributed by atoms with Crippen LogP contribution in [0.3, 0.4) is 0 Å². The van der Waals surface area contributed by atoms with E-state index in [1.54, 1.807) is 7.11 Å². The van der Waals surface area contributed by atoms with Crippen LogP contribution in [0.25, 0.3) is 0 Å². The van der Waals surface area contributed by atoms with E-state index in [2.05, 4.69) is 28.8 Å². The summed E-state index contributed by atoms with van der Waals surface area (Å²) in [6.45, 7) is 1.08. The van der Waals surface area contributed by atoms with Crippen LogP contribution in [0.2, 0.25) is 0 Å². The van der Waals surface area contributed by atoms with E-state index in [1.807, 2.05) is 13.1 Å². The monoisotopic (exact) mass is 220 g/mol. The van der Waals surface area contributed by atoms with Crippen molar-refractivity contribution in [2.45, 2.75) is 24.9 Å². The number of benzene rings is 1. The molecule has 2 atom stereocenters. The van der Waals surface area contributed by atoms with Crippen LogP contribution in [-0.4, -0.2) is 26.7 Å². The van der Waals surface area contributed by atoms with Crippen molar-refractivity contribution in [2.24, 2.45) is 0 Å². The number of nitrogens with one attached hydrogen (secondary N) is 2. The summed E-state index contributed by atoms with van der Waals surface area (Å²) in [7, 11) is 3.75. The lowest BCUT2D eigenvalue weighted by Gasteiger charge is -2.30. The maximum atomic E-state index is 5.26. The number of hydrogen-bond donors (Lipinski definition) is 2. The first-order chi connectivity index (χ1) is 7.83. The van der Waals surface area contributed by atoms with Crippen LogP contribution in [0.4, 0.5) is 0 Å². The molecule has 1 saturated heterocycles. The van der Waals surface area contributed by atoms with Gasteiger partial charge in [0.05, 0.1) is 7.11 Å². The Kier molecular flexibility index (Phi) is 3.80. The maximum Gasteiger partial charge on any atom is 0.119 e. The predicted octanol–water partition coefficient (Wildman–Crippen LogP) is 1.71. The second kappa shape index (κ2) is 5.32. The zero-order chi connectivity index (χ0) is 11.4. The van der Waals surface area contributed by atoms with Crippen molar-refractivity contribution in [2.75, 3.05) is 20.7 Å². The Hall–Kier alpha value is -1.06. The van der Waals surface area contributed by atoms with Crippen LogP contribution in [-0.2, 0) is 0 Å². The van der Waals surface area contributed by atoms with E-state index in [4.69, 9.17) is 4.74 Å². The van der Waals surface area contributed by atoms with E-state index in [0.717, 1.165) is 18.7 Å². The molecule has 0 radical (unpaired) electrons. The first kappa shape index (κ1) is 11.4. The molecule has 0 bridgehead atoms. The molecular weight excluding hydrogens is 200 g/mol. The van der Waals surface area contributed by atoms with Gasteiger partial charge in [-0.15, -0.1) is 0 Å². The zero-order valence-corrected chi connectivity index (χ0v) is 9.99. The molecule has 3 nitrogen and oxygen atoms in total. The van der Waals surface area contributed by atoms with Crippen molar-refractivity contribution in [1.82, 2.24) is 10.6 Å². The second-order valence-electron chi connectivity index (χ2n) is 4.29. The summed E-state index contributed by atoms with van der Waals surface area (Å²) in [5, 5.41) is 6.92. The van der Waals surface area contributed by atoms with Crippen LogP contribution < -0.4 is 15.4 Å². The summed E-state index contributed by atoms with van der Waals surface area (Å²) >= 11 is 0. The molecule has 0 aromatic heterocycles. The van der Waals surface area contributed by atoms with Gasteiger partial charge in [-0.1, -0.05) is 12.1 Å². The van der Waals surface area contributed by atoms with Crippen LogP contribution in [0.15, 0.2) is 24.3 Å². The molecule has 1 aliphatic heterocycles. The molecular formula is C13H20N2O. The van der Waals surface area contributed by atoms with Crippen LogP contribution in [0.5, 0.6) is 5.75 Å². The van der Waals surface area contributed by atoms with E-state index in [9.17, 15) is 0 Å². The van der Waals surface area contributed by atoms with Crippen LogP contribution in [0, 0.1) is 0 Å². The summed E-state index contributed by atoms with van der Waals surface area (Å²) in [5.41, 5.74) is 1.32. The minimum Gasteiger partial charge on any atom is -0.497 e. The Balaban J connectivity index is 2.10. The molecule has 2 unspecified atom stereocenters. The first-order valence-electron chi connectivity index (χ1n) is 5.88. The first-order valence-corrected chi connectivity index (χ1v) is 5.88. The van der Waals surface area contributed by atoms with Crippen molar-refractivity contribution < 1.29 is 4.74 Å². The Labute approximate surface area is 97.2 Å². The molecule has 0 aliphatic carbocycles. The van der Waals surface area contributed by atoms with E-state index >= 15 is 0 Å². The Morgan fingerprint density at radius 1 is 1.44 bits per heavy atom. The fourth-order valence-corrected chi connectivity index (χ4v) is 2.29. The van der Waals surface area contributed by atoms with Crippen molar-refractivity contribution in [3.8, 4) is 5.75 Å². The summed E-state index contributed by atoms with van der Waals surface area (Å²) in [5.74, 6) is 0.936. The predicted molar refractivity (Wildman–Crippen MR) is 65.8 cm³/mol. The number of methoxy groups -OCH3 is 1. The van der Waals surface area contributed by atoms with E-state index in [1.165, 1.54) is 12.0 Å². The van der Waals surface area contributed by atoms with Gasteiger partial charge in [0.1, 0.15) is 5.75 Å². The van der Waals surface area contributed by atoms with Gasteiger partial charge in [0.15, 0.2) is 0 Å². The van der Waals surface area contributed by atoms with Gasteiger partial charge in [0, 0.05) is 12.1 Å². The topological polar surface area (TPSA) is 33.3 Å². The number of hydrogen-bond acceptors (Lipinski definition) is 3. The molecule has 1 aliphatic rings. The highest BCUT2D eigenvalue weighted by molar-refractivity contribution is 5.30. The molecule has 0 saturated carbocycles. The average Bonchev–Trinajstić information content (AvgIpc) is 2.39. The third-order valence-corrected chi connectivity index (χ3v) is 3.31. The molecule has 1 aromatic carbocycles. The van der Waals surface area contributed by atoms with Gasteiger partial charge in [0.25, 0.3) is 0 Å². The Morgan fingerprint density at radius 3 is 3.06 bits per heavy atom. The van der Waals surface area contributed by atoms with Gasteiger partial charge >= 0.3 is 0 Å². The normalized spacial score (nSPS) is 25.4. The molecule has 2 rings (SSSR count). The number of piperidine rings is 1. The quantitative estimate of drug-likeness (QED) is 0.813. The smallest absolute Gasteiger partial charge is 0.119 e. The third kappa shape index (κ3) is 2.54. The van der Waals surface area contributed by atoms with Gasteiger partial charge in [-0.25, -0.2) is 0 Å². The Morgan fingerprint density at radius 2 is 2.31 bits per heavy atom. The molecule has 1 heterocycles. The van der Waals surface area contributed by atoms with Gasteiger partial charge < -0.3 is 15.4 Å². The molecule has 1 aromatic rings. The van der Waals surface area contributed by atoms with E-state index < -0.39 is 0 Å². The third-order valence-electron chi connectivity index (χ3n) is 3.31. The van der Waals surface area contributed by atoms with Gasteiger partial charge in [-0.2, -0.15) is 0 Å². The van der Waals surface area contributed by atoms with E-state index in [-0.39, 0.29) is 0 Å². The molecule has 0 spiro atoms. The van der Waals surface area contributed by atoms with Gasteiger partial charge in [0.2, 0.25) is 0 Å². The molecule has 0 amide bonds. The van der Waals surface area contributed by atoms with Gasteiger partial charge in [-0.3, -0.25) is 0 Å². The fourth-order valence-electron chi connectivity index (χ4n) is 2.29. The van der Waals surface area contributed by atoms with Crippen molar-refractivity contribution in [3.63, 3.8) is 0 Å². The van der Waals surface area contributed by atoms with Crippen LogP contribution >= 0.6 is 0 Å². The molecule has 3 heteroatoms. The summed E-state index contributed by atoms with van der Waals surface area (Å²) in [6.07, 6.45) is 2.35. The SMILES string of the molecule is CNC1CCNC(c2cccc(OC)c2)C1. The highest BCUT2D eigenvalue weighted by atomic mass is 16.5. The van der Waals surface area contributed by atoms with Gasteiger partial charge in [-0.05, 0) is 44.1 Å². The van der Waals surface area contributed by atoms with Crippen molar-refractivity contribution in [1.29, 1.82) is 0 Å². The average molecular weight is 220 g/mol. The fraction of sp³-hybridized carbons (Fsp3) is 0.538. The van der Waals surface area contributed by atoms with Crippen LogP contribution in [0.1, 0.15) is 24.4 Å². The lowest BCUT2D eigenvalue weighted by Crippen LogP contribution is -2.40. The van der Waals surface area contributed by atoms with Crippen molar-refractivity contribution >= 4 is 0 Å². The Bertz CT molecular complexity index is 340. The highest BCUT2D eigenvalue weighted by Crippen LogP contribution is 2.25. The number of ether oxygens (including phenoxy) is 1. The summed E-state index contributed by atoms with van der Waals surface area (Å²) < 4.78 is 5.26. The summed E-state index contributed by atoms with van der Waals surface area (Å²) in [4.78, 5) is 0. The summed E-state index contributed by atoms with van der Waals surface area (Å²) in [6, 6.07) is 9.40. The number of rotatable bonds is 3. The van der Waals surface area contributed by atoms with E-state index in [0.29, 0.717) is 12.1 Å². The molecule has 88 valence electrons. The largest absolute Gasteiger partial charge is 0.497 e. The standard InChI is InChI=1S/C13H20N2O/c1-14-11-6-7-15-13(9-11)10-4-3-5-12(8-10)16-2/h3-5,8,11,13-15H,6-7,9H2,1-2H3. The molecule has 16 heavy (non-hydrogen) atoms. The maximum absolute atomic E-state index is 5.26. The van der Waals surface area contributed by atoms with Crippen molar-refractivity contribution in [3.05, 3.63) is 29.8 Å². The minimum absolute atomic E-state index is 0.446. The molecule has 1 fully saturated rings. The lowest BCUT2D eigenvalue weighted by molar-refractivity contribution is 0.335. The lowest BCUT2D eigenvalue weighted by atomic mass is 9.94. The second-order valence-corrected chi connectivity index (χ2v) is 4.29. The zero-order valence-electron chi connectivity index (χ0n) is 9.99. The highest BCUT2D eigenvalue weighted by Gasteiger charge is 2.21. The minimum atomic E-state index is 0.446. The molecule has 2 N–H and O–H groups in total.